The average molecular weight is 446 g/mol. The van der Waals surface area contributed by atoms with Gasteiger partial charge >= 0.3 is 0 Å². The van der Waals surface area contributed by atoms with Gasteiger partial charge in [-0.2, -0.15) is 0 Å². The minimum atomic E-state index is -0.663. The van der Waals surface area contributed by atoms with Crippen LogP contribution in [-0.4, -0.2) is 83.0 Å². The SMILES string of the molecule is Cc1cc(C(=O)N2C[C@H](O)[C@@H](N3CCN(C(=O)c4ccc(Cl)cc4)CC3)C2)ccc1F. The Morgan fingerprint density at radius 3 is 2.19 bits per heavy atom. The summed E-state index contributed by atoms with van der Waals surface area (Å²) in [6.45, 7) is 4.62. The number of rotatable bonds is 3. The molecule has 0 spiro atoms. The van der Waals surface area contributed by atoms with Crippen molar-refractivity contribution in [2.24, 2.45) is 0 Å². The number of carbonyl (C=O) groups is 2. The highest BCUT2D eigenvalue weighted by Gasteiger charge is 2.39. The molecular weight excluding hydrogens is 421 g/mol. The van der Waals surface area contributed by atoms with Crippen LogP contribution < -0.4 is 0 Å². The largest absolute Gasteiger partial charge is 0.390 e. The maximum Gasteiger partial charge on any atom is 0.254 e. The fourth-order valence-electron chi connectivity index (χ4n) is 4.29. The number of piperazine rings is 1. The van der Waals surface area contributed by atoms with Crippen LogP contribution in [0.15, 0.2) is 42.5 Å². The molecule has 0 aliphatic carbocycles. The van der Waals surface area contributed by atoms with E-state index in [9.17, 15) is 19.1 Å². The van der Waals surface area contributed by atoms with Gasteiger partial charge in [0.05, 0.1) is 12.1 Å². The number of carbonyl (C=O) groups excluding carboxylic acids is 2. The van der Waals surface area contributed by atoms with Crippen molar-refractivity contribution in [2.45, 2.75) is 19.1 Å². The Bertz CT molecular complexity index is 977. The first-order valence-electron chi connectivity index (χ1n) is 10.4. The number of hydrogen-bond donors (Lipinski definition) is 1. The summed E-state index contributed by atoms with van der Waals surface area (Å²) in [5, 5.41) is 11.2. The van der Waals surface area contributed by atoms with Gasteiger partial charge in [-0.25, -0.2) is 4.39 Å². The van der Waals surface area contributed by atoms with Crippen molar-refractivity contribution in [3.8, 4) is 0 Å². The number of amides is 2. The first kappa shape index (κ1) is 21.7. The van der Waals surface area contributed by atoms with Gasteiger partial charge in [0.15, 0.2) is 0 Å². The van der Waals surface area contributed by atoms with Crippen LogP contribution in [0.4, 0.5) is 4.39 Å². The Morgan fingerprint density at radius 2 is 1.55 bits per heavy atom. The van der Waals surface area contributed by atoms with E-state index in [4.69, 9.17) is 11.6 Å². The molecule has 0 unspecified atom stereocenters. The van der Waals surface area contributed by atoms with E-state index in [0.717, 1.165) is 0 Å². The summed E-state index contributed by atoms with van der Waals surface area (Å²) in [5.74, 6) is -0.588. The first-order chi connectivity index (χ1) is 14.8. The van der Waals surface area contributed by atoms with Crippen LogP contribution in [0.2, 0.25) is 5.02 Å². The lowest BCUT2D eigenvalue weighted by Gasteiger charge is -2.38. The molecule has 4 rings (SSSR count). The quantitative estimate of drug-likeness (QED) is 0.788. The van der Waals surface area contributed by atoms with Crippen LogP contribution in [0, 0.1) is 12.7 Å². The van der Waals surface area contributed by atoms with Gasteiger partial charge in [0, 0.05) is 55.4 Å². The third kappa shape index (κ3) is 4.59. The van der Waals surface area contributed by atoms with Gasteiger partial charge in [-0.3, -0.25) is 14.5 Å². The molecule has 0 radical (unpaired) electrons. The van der Waals surface area contributed by atoms with Gasteiger partial charge in [0.2, 0.25) is 0 Å². The van der Waals surface area contributed by atoms with Crippen molar-refractivity contribution < 1.29 is 19.1 Å². The molecule has 2 saturated heterocycles. The number of aliphatic hydroxyl groups is 1. The number of β-amino-alcohol motifs (C(OH)–C–C–N with tert-alkyl or cyclic N) is 1. The Hall–Kier alpha value is -2.48. The molecule has 2 aliphatic rings. The molecule has 2 amide bonds. The Labute approximate surface area is 185 Å². The summed E-state index contributed by atoms with van der Waals surface area (Å²) in [7, 11) is 0. The highest BCUT2D eigenvalue weighted by molar-refractivity contribution is 6.30. The van der Waals surface area contributed by atoms with E-state index in [1.807, 2.05) is 0 Å². The molecule has 8 heteroatoms. The zero-order valence-electron chi connectivity index (χ0n) is 17.3. The third-order valence-corrected chi connectivity index (χ3v) is 6.36. The number of aliphatic hydroxyl groups excluding tert-OH is 1. The van der Waals surface area contributed by atoms with Gasteiger partial charge in [-0.05, 0) is 55.0 Å². The highest BCUT2D eigenvalue weighted by atomic mass is 35.5. The fraction of sp³-hybridized carbons (Fsp3) is 0.391. The third-order valence-electron chi connectivity index (χ3n) is 6.11. The topological polar surface area (TPSA) is 64.1 Å². The molecule has 2 aliphatic heterocycles. The number of likely N-dealkylation sites (tertiary alicyclic amines) is 1. The molecule has 2 fully saturated rings. The molecular formula is C23H25ClFN3O3. The van der Waals surface area contributed by atoms with Gasteiger partial charge in [0.1, 0.15) is 5.82 Å². The van der Waals surface area contributed by atoms with Crippen molar-refractivity contribution in [1.29, 1.82) is 0 Å². The Balaban J connectivity index is 1.35. The molecule has 6 nitrogen and oxygen atoms in total. The van der Waals surface area contributed by atoms with E-state index in [-0.39, 0.29) is 30.2 Å². The molecule has 0 bridgehead atoms. The number of halogens is 2. The van der Waals surface area contributed by atoms with Crippen LogP contribution in [-0.2, 0) is 0 Å². The molecule has 0 aromatic heterocycles. The van der Waals surface area contributed by atoms with Crippen LogP contribution in [0.5, 0.6) is 0 Å². The van der Waals surface area contributed by atoms with Gasteiger partial charge in [-0.1, -0.05) is 11.6 Å². The molecule has 1 N–H and O–H groups in total. The molecule has 2 heterocycles. The summed E-state index contributed by atoms with van der Waals surface area (Å²) in [4.78, 5) is 31.1. The molecule has 164 valence electrons. The molecule has 2 aromatic rings. The second-order valence-corrected chi connectivity index (χ2v) is 8.58. The first-order valence-corrected chi connectivity index (χ1v) is 10.7. The normalized spacial score (nSPS) is 22.1. The standard InChI is InChI=1S/C23H25ClFN3O3/c1-15-12-17(4-7-19(15)25)23(31)28-13-20(21(29)14-28)26-8-10-27(11-9-26)22(30)16-2-5-18(24)6-3-16/h2-7,12,20-21,29H,8-11,13-14H2,1H3/t20-,21-/m0/s1. The summed E-state index contributed by atoms with van der Waals surface area (Å²) in [6, 6.07) is 11.0. The van der Waals surface area contributed by atoms with Crippen LogP contribution in [0.25, 0.3) is 0 Å². The number of aryl methyl sites for hydroxylation is 1. The van der Waals surface area contributed by atoms with E-state index in [1.54, 1.807) is 47.1 Å². The molecule has 31 heavy (non-hydrogen) atoms. The minimum absolute atomic E-state index is 0.0354. The van der Waals surface area contributed by atoms with Crippen LogP contribution in [0.1, 0.15) is 26.3 Å². The summed E-state index contributed by atoms with van der Waals surface area (Å²) in [5.41, 5.74) is 1.44. The van der Waals surface area contributed by atoms with Crippen molar-refractivity contribution in [3.05, 3.63) is 70.0 Å². The molecule has 2 atom stereocenters. The van der Waals surface area contributed by atoms with Crippen molar-refractivity contribution in [3.63, 3.8) is 0 Å². The fourth-order valence-corrected chi connectivity index (χ4v) is 4.41. The van der Waals surface area contributed by atoms with E-state index in [2.05, 4.69) is 4.90 Å². The summed E-state index contributed by atoms with van der Waals surface area (Å²) in [6.07, 6.45) is -0.663. The lowest BCUT2D eigenvalue weighted by molar-refractivity contribution is 0.0376. The van der Waals surface area contributed by atoms with E-state index < -0.39 is 6.10 Å². The average Bonchev–Trinajstić information content (AvgIpc) is 3.17. The zero-order chi connectivity index (χ0) is 22.1. The number of benzene rings is 2. The minimum Gasteiger partial charge on any atom is -0.390 e. The molecule has 0 saturated carbocycles. The summed E-state index contributed by atoms with van der Waals surface area (Å²) < 4.78 is 13.5. The predicted molar refractivity (Wildman–Crippen MR) is 116 cm³/mol. The van der Waals surface area contributed by atoms with Crippen LogP contribution in [0.3, 0.4) is 0 Å². The van der Waals surface area contributed by atoms with E-state index in [0.29, 0.717) is 54.4 Å². The Morgan fingerprint density at radius 1 is 0.935 bits per heavy atom. The zero-order valence-corrected chi connectivity index (χ0v) is 18.1. The van der Waals surface area contributed by atoms with Crippen LogP contribution >= 0.6 is 11.6 Å². The second-order valence-electron chi connectivity index (χ2n) is 8.14. The molecule has 2 aromatic carbocycles. The Kier molecular flexibility index (Phi) is 6.27. The monoisotopic (exact) mass is 445 g/mol. The van der Waals surface area contributed by atoms with E-state index in [1.165, 1.54) is 12.1 Å². The second kappa shape index (κ2) is 8.94. The number of nitrogens with zero attached hydrogens (tertiary/aromatic N) is 3. The van der Waals surface area contributed by atoms with E-state index >= 15 is 0 Å². The lowest BCUT2D eigenvalue weighted by atomic mass is 10.1. The van der Waals surface area contributed by atoms with Crippen molar-refractivity contribution >= 4 is 23.4 Å². The van der Waals surface area contributed by atoms with Gasteiger partial charge < -0.3 is 14.9 Å². The van der Waals surface area contributed by atoms with Gasteiger partial charge in [0.25, 0.3) is 11.8 Å². The number of hydrogen-bond acceptors (Lipinski definition) is 4. The van der Waals surface area contributed by atoms with Crippen molar-refractivity contribution in [1.82, 2.24) is 14.7 Å². The highest BCUT2D eigenvalue weighted by Crippen LogP contribution is 2.22. The lowest BCUT2D eigenvalue weighted by Crippen LogP contribution is -2.54. The van der Waals surface area contributed by atoms with Crippen molar-refractivity contribution in [2.75, 3.05) is 39.3 Å². The van der Waals surface area contributed by atoms with Gasteiger partial charge in [-0.15, -0.1) is 0 Å². The predicted octanol–water partition coefficient (Wildman–Crippen LogP) is 2.43. The maximum atomic E-state index is 13.5. The maximum absolute atomic E-state index is 13.5. The smallest absolute Gasteiger partial charge is 0.254 e. The summed E-state index contributed by atoms with van der Waals surface area (Å²) >= 11 is 5.90.